The number of hydrogen-bond acceptors (Lipinski definition) is 4. The molecule has 0 aliphatic heterocycles. The second-order valence-electron chi connectivity index (χ2n) is 5.33. The van der Waals surface area contributed by atoms with E-state index in [4.69, 9.17) is 23.2 Å². The lowest BCUT2D eigenvalue weighted by molar-refractivity contribution is 0.445. The summed E-state index contributed by atoms with van der Waals surface area (Å²) in [6, 6.07) is 9.56. The van der Waals surface area contributed by atoms with Crippen LogP contribution in [0.4, 0.5) is 5.69 Å². The van der Waals surface area contributed by atoms with Gasteiger partial charge in [-0.1, -0.05) is 43.1 Å². The fourth-order valence-electron chi connectivity index (χ4n) is 2.33. The van der Waals surface area contributed by atoms with E-state index in [1.165, 1.54) is 46.8 Å². The van der Waals surface area contributed by atoms with Crippen LogP contribution in [0.1, 0.15) is 13.8 Å². The number of anilines is 1. The molecule has 0 fully saturated rings. The van der Waals surface area contributed by atoms with Crippen molar-refractivity contribution in [2.24, 2.45) is 0 Å². The first-order valence-electron chi connectivity index (χ1n) is 7.69. The Morgan fingerprint density at radius 3 is 2.00 bits per heavy atom. The SMILES string of the molecule is CCN(CC)S(=O)(=O)c1cccc(NS(=O)(=O)c2cc(Cl)cc(Cl)c2)c1. The normalized spacial score (nSPS) is 12.3. The minimum atomic E-state index is -3.98. The first kappa shape index (κ1) is 21.0. The van der Waals surface area contributed by atoms with Gasteiger partial charge >= 0.3 is 0 Å². The molecule has 0 unspecified atom stereocenters. The van der Waals surface area contributed by atoms with Crippen molar-refractivity contribution in [2.45, 2.75) is 23.6 Å². The lowest BCUT2D eigenvalue weighted by Crippen LogP contribution is -2.30. The van der Waals surface area contributed by atoms with Crippen LogP contribution in [0.25, 0.3) is 0 Å². The molecule has 0 amide bonds. The second kappa shape index (κ2) is 8.14. The molecule has 1 N–H and O–H groups in total. The van der Waals surface area contributed by atoms with E-state index < -0.39 is 20.0 Å². The minimum Gasteiger partial charge on any atom is -0.280 e. The zero-order valence-electron chi connectivity index (χ0n) is 14.1. The standard InChI is InChI=1S/C16H18Cl2N2O4S2/c1-3-20(4-2)26(23,24)15-7-5-6-14(11-15)19-25(21,22)16-9-12(17)8-13(18)10-16/h5-11,19H,3-4H2,1-2H3. The molecule has 0 aliphatic rings. The Morgan fingerprint density at radius 2 is 1.46 bits per heavy atom. The lowest BCUT2D eigenvalue weighted by Gasteiger charge is -2.19. The number of rotatable bonds is 7. The van der Waals surface area contributed by atoms with Crippen molar-refractivity contribution in [3.05, 3.63) is 52.5 Å². The summed E-state index contributed by atoms with van der Waals surface area (Å²) in [6.07, 6.45) is 0. The molecular weight excluding hydrogens is 419 g/mol. The maximum absolute atomic E-state index is 12.6. The molecule has 0 aromatic heterocycles. The summed E-state index contributed by atoms with van der Waals surface area (Å²) in [4.78, 5) is -0.113. The Balaban J connectivity index is 2.39. The van der Waals surface area contributed by atoms with E-state index in [9.17, 15) is 16.8 Å². The average Bonchev–Trinajstić information content (AvgIpc) is 2.54. The Kier molecular flexibility index (Phi) is 6.57. The van der Waals surface area contributed by atoms with Crippen LogP contribution in [0.5, 0.6) is 0 Å². The van der Waals surface area contributed by atoms with Crippen molar-refractivity contribution in [2.75, 3.05) is 17.8 Å². The van der Waals surface area contributed by atoms with Gasteiger partial charge in [-0.25, -0.2) is 16.8 Å². The molecular formula is C16H18Cl2N2O4S2. The molecule has 26 heavy (non-hydrogen) atoms. The van der Waals surface area contributed by atoms with Crippen LogP contribution in [0, 0.1) is 0 Å². The first-order valence-corrected chi connectivity index (χ1v) is 11.4. The topological polar surface area (TPSA) is 83.6 Å². The van der Waals surface area contributed by atoms with Gasteiger partial charge < -0.3 is 0 Å². The Morgan fingerprint density at radius 1 is 0.885 bits per heavy atom. The highest BCUT2D eigenvalue weighted by molar-refractivity contribution is 7.92. The van der Waals surface area contributed by atoms with Crippen molar-refractivity contribution in [3.63, 3.8) is 0 Å². The molecule has 0 aliphatic carbocycles. The molecule has 0 heterocycles. The summed E-state index contributed by atoms with van der Waals surface area (Å²) in [6.45, 7) is 4.10. The van der Waals surface area contributed by atoms with Crippen LogP contribution in [0.2, 0.25) is 10.0 Å². The highest BCUT2D eigenvalue weighted by Crippen LogP contribution is 2.25. The van der Waals surface area contributed by atoms with E-state index in [2.05, 4.69) is 4.72 Å². The molecule has 0 saturated carbocycles. The van der Waals surface area contributed by atoms with Crippen LogP contribution >= 0.6 is 23.2 Å². The number of nitrogens with zero attached hydrogens (tertiary/aromatic N) is 1. The largest absolute Gasteiger partial charge is 0.280 e. The van der Waals surface area contributed by atoms with Crippen molar-refractivity contribution < 1.29 is 16.8 Å². The molecule has 0 spiro atoms. The van der Waals surface area contributed by atoms with Crippen LogP contribution in [-0.2, 0) is 20.0 Å². The molecule has 0 saturated heterocycles. The second-order valence-corrected chi connectivity index (χ2v) is 9.82. The number of halogens is 2. The highest BCUT2D eigenvalue weighted by atomic mass is 35.5. The monoisotopic (exact) mass is 436 g/mol. The third-order valence-electron chi connectivity index (χ3n) is 3.58. The van der Waals surface area contributed by atoms with E-state index in [1.807, 2.05) is 0 Å². The maximum Gasteiger partial charge on any atom is 0.261 e. The number of benzene rings is 2. The fourth-order valence-corrected chi connectivity index (χ4v) is 5.61. The minimum absolute atomic E-state index is 0.00512. The Labute approximate surface area is 163 Å². The van der Waals surface area contributed by atoms with Gasteiger partial charge in [0, 0.05) is 23.1 Å². The summed E-state index contributed by atoms with van der Waals surface area (Å²) in [5.74, 6) is 0. The first-order chi connectivity index (χ1) is 12.1. The summed E-state index contributed by atoms with van der Waals surface area (Å²) < 4.78 is 53.9. The number of nitrogens with one attached hydrogen (secondary N) is 1. The zero-order chi connectivity index (χ0) is 19.5. The van der Waals surface area contributed by atoms with Crippen LogP contribution in [0.15, 0.2) is 52.3 Å². The molecule has 0 bridgehead atoms. The van der Waals surface area contributed by atoms with Gasteiger partial charge in [0.05, 0.1) is 15.5 Å². The fraction of sp³-hybridized carbons (Fsp3) is 0.250. The zero-order valence-corrected chi connectivity index (χ0v) is 17.3. The van der Waals surface area contributed by atoms with Crippen molar-refractivity contribution in [1.82, 2.24) is 4.31 Å². The average molecular weight is 437 g/mol. The Hall–Kier alpha value is -1.32. The van der Waals surface area contributed by atoms with Gasteiger partial charge in [0.15, 0.2) is 0 Å². The van der Waals surface area contributed by atoms with Crippen LogP contribution in [-0.4, -0.2) is 34.2 Å². The van der Waals surface area contributed by atoms with Gasteiger partial charge in [-0.15, -0.1) is 0 Å². The maximum atomic E-state index is 12.6. The third-order valence-corrected chi connectivity index (χ3v) is 7.42. The lowest BCUT2D eigenvalue weighted by atomic mass is 10.3. The van der Waals surface area contributed by atoms with E-state index in [1.54, 1.807) is 13.8 Å². The van der Waals surface area contributed by atoms with E-state index in [-0.39, 0.29) is 25.5 Å². The van der Waals surface area contributed by atoms with Crippen molar-refractivity contribution in [3.8, 4) is 0 Å². The Bertz CT molecular complexity index is 984. The molecule has 2 aromatic carbocycles. The van der Waals surface area contributed by atoms with Gasteiger partial charge in [0.2, 0.25) is 10.0 Å². The van der Waals surface area contributed by atoms with E-state index >= 15 is 0 Å². The molecule has 2 aromatic rings. The number of hydrogen-bond donors (Lipinski definition) is 1. The van der Waals surface area contributed by atoms with Crippen LogP contribution < -0.4 is 4.72 Å². The van der Waals surface area contributed by atoms with Gasteiger partial charge in [0.1, 0.15) is 0 Å². The summed E-state index contributed by atoms with van der Waals surface area (Å²) in [5, 5.41) is 0.353. The van der Waals surface area contributed by atoms with Gasteiger partial charge in [-0.3, -0.25) is 4.72 Å². The van der Waals surface area contributed by atoms with E-state index in [0.717, 1.165) is 0 Å². The summed E-state index contributed by atoms with van der Waals surface area (Å²) >= 11 is 11.7. The van der Waals surface area contributed by atoms with Crippen molar-refractivity contribution >= 4 is 48.9 Å². The molecule has 10 heteroatoms. The van der Waals surface area contributed by atoms with Gasteiger partial charge in [0.25, 0.3) is 10.0 Å². The van der Waals surface area contributed by atoms with Gasteiger partial charge in [-0.2, -0.15) is 4.31 Å². The number of sulfonamides is 2. The smallest absolute Gasteiger partial charge is 0.261 e. The molecule has 142 valence electrons. The molecule has 2 rings (SSSR count). The van der Waals surface area contributed by atoms with Crippen molar-refractivity contribution in [1.29, 1.82) is 0 Å². The molecule has 6 nitrogen and oxygen atoms in total. The predicted molar refractivity (Wildman–Crippen MR) is 104 cm³/mol. The highest BCUT2D eigenvalue weighted by Gasteiger charge is 2.23. The van der Waals surface area contributed by atoms with Gasteiger partial charge in [-0.05, 0) is 36.4 Å². The summed E-state index contributed by atoms with van der Waals surface area (Å²) in [5.41, 5.74) is 0.120. The predicted octanol–water partition coefficient (Wildman–Crippen LogP) is 3.82. The molecule has 0 atom stereocenters. The molecule has 0 radical (unpaired) electrons. The quantitative estimate of drug-likeness (QED) is 0.714. The van der Waals surface area contributed by atoms with Crippen LogP contribution in [0.3, 0.4) is 0 Å². The third kappa shape index (κ3) is 4.69. The summed E-state index contributed by atoms with van der Waals surface area (Å²) in [7, 11) is -7.68. The van der Waals surface area contributed by atoms with E-state index in [0.29, 0.717) is 13.1 Å².